The summed E-state index contributed by atoms with van der Waals surface area (Å²) < 4.78 is 1.60. The van der Waals surface area contributed by atoms with Gasteiger partial charge in [-0.25, -0.2) is 4.79 Å². The fourth-order valence-corrected chi connectivity index (χ4v) is 4.75. The highest BCUT2D eigenvalue weighted by molar-refractivity contribution is 6.36. The third kappa shape index (κ3) is 4.51. The monoisotopic (exact) mass is 482 g/mol. The van der Waals surface area contributed by atoms with Crippen LogP contribution in [0.15, 0.2) is 85.1 Å². The van der Waals surface area contributed by atoms with Crippen LogP contribution in [-0.4, -0.2) is 21.6 Å². The SMILES string of the molecule is Cn1cc(CC/C=C2\C(=O)Nc3cc(Cl)c(-c4ccc(-c5ccccc5)cc4)cc32)cc1C(=O)O. The first-order chi connectivity index (χ1) is 16.9. The minimum absolute atomic E-state index is 0.160. The molecular weight excluding hydrogens is 460 g/mol. The van der Waals surface area contributed by atoms with Crippen molar-refractivity contribution >= 4 is 34.7 Å². The maximum Gasteiger partial charge on any atom is 0.352 e. The van der Waals surface area contributed by atoms with Crippen molar-refractivity contribution in [2.45, 2.75) is 12.8 Å². The number of hydrogen-bond acceptors (Lipinski definition) is 2. The second-order valence-electron chi connectivity index (χ2n) is 8.58. The van der Waals surface area contributed by atoms with E-state index in [9.17, 15) is 14.7 Å². The number of allylic oxidation sites excluding steroid dienone is 1. The molecule has 0 spiro atoms. The topological polar surface area (TPSA) is 71.3 Å². The van der Waals surface area contributed by atoms with Crippen molar-refractivity contribution in [1.29, 1.82) is 0 Å². The number of carboxylic acids is 1. The summed E-state index contributed by atoms with van der Waals surface area (Å²) in [5.74, 6) is -1.12. The van der Waals surface area contributed by atoms with Crippen molar-refractivity contribution in [1.82, 2.24) is 4.57 Å². The fraction of sp³-hybridized carbons (Fsp3) is 0.103. The molecule has 5 rings (SSSR count). The van der Waals surface area contributed by atoms with E-state index in [-0.39, 0.29) is 11.6 Å². The summed E-state index contributed by atoms with van der Waals surface area (Å²) in [4.78, 5) is 23.9. The van der Waals surface area contributed by atoms with E-state index in [0.29, 0.717) is 29.1 Å². The van der Waals surface area contributed by atoms with E-state index in [1.54, 1.807) is 23.7 Å². The number of halogens is 1. The number of benzene rings is 3. The number of hydrogen-bond donors (Lipinski definition) is 2. The number of aromatic nitrogens is 1. The molecule has 4 aromatic rings. The van der Waals surface area contributed by atoms with Gasteiger partial charge < -0.3 is 15.0 Å². The van der Waals surface area contributed by atoms with Gasteiger partial charge in [-0.1, -0.05) is 72.3 Å². The summed E-state index contributed by atoms with van der Waals surface area (Å²) >= 11 is 6.60. The van der Waals surface area contributed by atoms with Crippen LogP contribution in [0.3, 0.4) is 0 Å². The van der Waals surface area contributed by atoms with E-state index in [1.807, 2.05) is 48.7 Å². The summed E-state index contributed by atoms with van der Waals surface area (Å²) in [6.07, 6.45) is 4.95. The third-order valence-corrected chi connectivity index (χ3v) is 6.57. The molecule has 174 valence electrons. The van der Waals surface area contributed by atoms with Gasteiger partial charge in [-0.05, 0) is 53.3 Å². The van der Waals surface area contributed by atoms with Crippen molar-refractivity contribution < 1.29 is 14.7 Å². The van der Waals surface area contributed by atoms with Crippen LogP contribution in [0.5, 0.6) is 0 Å². The molecule has 0 saturated carbocycles. The van der Waals surface area contributed by atoms with Gasteiger partial charge in [0.2, 0.25) is 0 Å². The molecule has 3 aromatic carbocycles. The maximum atomic E-state index is 12.7. The molecule has 0 bridgehead atoms. The Balaban J connectivity index is 1.40. The number of aryl methyl sites for hydroxylation is 2. The van der Waals surface area contributed by atoms with Gasteiger partial charge in [0.25, 0.3) is 5.91 Å². The average molecular weight is 483 g/mol. The molecular formula is C29H23ClN2O3. The van der Waals surface area contributed by atoms with Crippen molar-refractivity contribution in [3.63, 3.8) is 0 Å². The summed E-state index contributed by atoms with van der Waals surface area (Å²) in [6, 6.07) is 23.8. The molecule has 0 aliphatic carbocycles. The number of amides is 1. The molecule has 2 N–H and O–H groups in total. The first-order valence-corrected chi connectivity index (χ1v) is 11.7. The molecule has 0 radical (unpaired) electrons. The zero-order chi connectivity index (χ0) is 24.5. The fourth-order valence-electron chi connectivity index (χ4n) is 4.47. The van der Waals surface area contributed by atoms with Gasteiger partial charge in [0, 0.05) is 29.9 Å². The minimum atomic E-state index is -0.956. The largest absolute Gasteiger partial charge is 0.477 e. The van der Waals surface area contributed by atoms with Crippen LogP contribution in [0.25, 0.3) is 27.8 Å². The van der Waals surface area contributed by atoms with Gasteiger partial charge in [-0.2, -0.15) is 0 Å². The number of nitrogens with one attached hydrogen (secondary N) is 1. The van der Waals surface area contributed by atoms with Crippen LogP contribution < -0.4 is 5.32 Å². The summed E-state index contributed by atoms with van der Waals surface area (Å²) in [5.41, 5.74) is 7.38. The summed E-state index contributed by atoms with van der Waals surface area (Å²) in [7, 11) is 1.71. The quantitative estimate of drug-likeness (QED) is 0.301. The van der Waals surface area contributed by atoms with E-state index in [0.717, 1.165) is 33.4 Å². The number of rotatable bonds is 6. The number of anilines is 1. The molecule has 1 aliphatic heterocycles. The van der Waals surface area contributed by atoms with Gasteiger partial charge >= 0.3 is 5.97 Å². The Kier molecular flexibility index (Phi) is 6.01. The van der Waals surface area contributed by atoms with Gasteiger partial charge in [0.15, 0.2) is 0 Å². The van der Waals surface area contributed by atoms with E-state index in [2.05, 4.69) is 29.6 Å². The molecule has 0 saturated heterocycles. The predicted molar refractivity (Wildman–Crippen MR) is 140 cm³/mol. The van der Waals surface area contributed by atoms with Gasteiger partial charge in [-0.15, -0.1) is 0 Å². The smallest absolute Gasteiger partial charge is 0.352 e. The Morgan fingerprint density at radius 2 is 1.66 bits per heavy atom. The predicted octanol–water partition coefficient (Wildman–Crippen LogP) is 6.68. The van der Waals surface area contributed by atoms with E-state index in [1.165, 1.54) is 0 Å². The molecule has 1 aliphatic rings. The first kappa shape index (κ1) is 22.7. The van der Waals surface area contributed by atoms with Crippen LogP contribution >= 0.6 is 11.6 Å². The lowest BCUT2D eigenvalue weighted by molar-refractivity contribution is -0.110. The molecule has 6 heteroatoms. The summed E-state index contributed by atoms with van der Waals surface area (Å²) in [6.45, 7) is 0. The Hall–Kier alpha value is -4.09. The average Bonchev–Trinajstić information content (AvgIpc) is 3.38. The lowest BCUT2D eigenvalue weighted by Crippen LogP contribution is -2.03. The van der Waals surface area contributed by atoms with Gasteiger partial charge in [-0.3, -0.25) is 4.79 Å². The van der Waals surface area contributed by atoms with Crippen molar-refractivity contribution in [3.05, 3.63) is 107 Å². The van der Waals surface area contributed by atoms with Crippen molar-refractivity contribution in [2.24, 2.45) is 7.05 Å². The lowest BCUT2D eigenvalue weighted by Gasteiger charge is -2.09. The van der Waals surface area contributed by atoms with E-state index < -0.39 is 5.97 Å². The number of carbonyl (C=O) groups is 2. The minimum Gasteiger partial charge on any atom is -0.477 e. The zero-order valence-corrected chi connectivity index (χ0v) is 19.8. The Bertz CT molecular complexity index is 1470. The van der Waals surface area contributed by atoms with E-state index in [4.69, 9.17) is 11.6 Å². The van der Waals surface area contributed by atoms with Gasteiger partial charge in [0.1, 0.15) is 5.69 Å². The Morgan fingerprint density at radius 1 is 0.971 bits per heavy atom. The molecule has 2 heterocycles. The molecule has 1 aromatic heterocycles. The van der Waals surface area contributed by atoms with Crippen LogP contribution in [0.1, 0.15) is 28.0 Å². The maximum absolute atomic E-state index is 12.7. The highest BCUT2D eigenvalue weighted by Crippen LogP contribution is 2.40. The number of fused-ring (bicyclic) bond motifs is 1. The van der Waals surface area contributed by atoms with Crippen LogP contribution in [0, 0.1) is 0 Å². The molecule has 0 unspecified atom stereocenters. The summed E-state index contributed by atoms with van der Waals surface area (Å²) in [5, 5.41) is 12.7. The Labute approximate surface area is 208 Å². The van der Waals surface area contributed by atoms with E-state index >= 15 is 0 Å². The molecule has 1 amide bonds. The standard InChI is InChI=1S/C29H23ClN2O3/c1-32-17-18(14-27(32)29(34)35)6-5-9-22-24-15-23(25(30)16-26(24)31-28(22)33)21-12-10-20(11-13-21)19-7-3-2-4-8-19/h2-4,7-17H,5-6H2,1H3,(H,31,33)(H,34,35)/b22-9-. The number of carboxylic acid groups (broad SMARTS) is 1. The van der Waals surface area contributed by atoms with Crippen LogP contribution in [-0.2, 0) is 18.3 Å². The second kappa shape index (κ2) is 9.28. The first-order valence-electron chi connectivity index (χ1n) is 11.3. The zero-order valence-electron chi connectivity index (χ0n) is 19.1. The number of aromatic carboxylic acids is 1. The highest BCUT2D eigenvalue weighted by Gasteiger charge is 2.25. The molecule has 0 atom stereocenters. The molecule has 5 nitrogen and oxygen atoms in total. The van der Waals surface area contributed by atoms with Crippen molar-refractivity contribution in [3.8, 4) is 22.3 Å². The highest BCUT2D eigenvalue weighted by atomic mass is 35.5. The lowest BCUT2D eigenvalue weighted by atomic mass is 9.96. The van der Waals surface area contributed by atoms with Crippen molar-refractivity contribution in [2.75, 3.05) is 5.32 Å². The molecule has 35 heavy (non-hydrogen) atoms. The van der Waals surface area contributed by atoms with Gasteiger partial charge in [0.05, 0.1) is 10.7 Å². The van der Waals surface area contributed by atoms with Crippen LogP contribution in [0.4, 0.5) is 5.69 Å². The normalized spacial score (nSPS) is 13.7. The third-order valence-electron chi connectivity index (χ3n) is 6.26. The molecule has 0 fully saturated rings. The van der Waals surface area contributed by atoms with Crippen LogP contribution in [0.2, 0.25) is 5.02 Å². The number of carbonyl (C=O) groups excluding carboxylic acids is 1. The second-order valence-corrected chi connectivity index (χ2v) is 8.99. The number of nitrogens with zero attached hydrogens (tertiary/aromatic N) is 1. The Morgan fingerprint density at radius 3 is 2.34 bits per heavy atom.